The van der Waals surface area contributed by atoms with E-state index in [-0.39, 0.29) is 16.1 Å². The van der Waals surface area contributed by atoms with Crippen molar-refractivity contribution in [1.82, 2.24) is 0 Å². The van der Waals surface area contributed by atoms with Gasteiger partial charge in [0.2, 0.25) is 0 Å². The molecule has 4 N–H and O–H groups in total. The van der Waals surface area contributed by atoms with Crippen LogP contribution in [0.2, 0.25) is 0 Å². The summed E-state index contributed by atoms with van der Waals surface area (Å²) >= 11 is 0. The van der Waals surface area contributed by atoms with Crippen LogP contribution in [0.3, 0.4) is 0 Å². The minimum Gasteiger partial charge on any atom is -0.478 e. The third-order valence-electron chi connectivity index (χ3n) is 2.89. The summed E-state index contributed by atoms with van der Waals surface area (Å²) in [7, 11) is -3.78. The van der Waals surface area contributed by atoms with Crippen molar-refractivity contribution in [3.8, 4) is 0 Å². The van der Waals surface area contributed by atoms with Crippen LogP contribution in [0, 0.1) is 6.92 Å². The molecule has 2 aromatic rings. The van der Waals surface area contributed by atoms with E-state index in [0.717, 1.165) is 0 Å². The van der Waals surface area contributed by atoms with Crippen molar-refractivity contribution >= 4 is 27.4 Å². The highest BCUT2D eigenvalue weighted by atomic mass is 32.2. The minimum absolute atomic E-state index is 0.0816. The van der Waals surface area contributed by atoms with Crippen LogP contribution in [0.4, 0.5) is 11.4 Å². The van der Waals surface area contributed by atoms with Gasteiger partial charge in [0.1, 0.15) is 0 Å². The van der Waals surface area contributed by atoms with Crippen molar-refractivity contribution in [2.75, 3.05) is 10.5 Å². The third-order valence-corrected chi connectivity index (χ3v) is 4.41. The molecule has 0 bridgehead atoms. The van der Waals surface area contributed by atoms with E-state index in [1.165, 1.54) is 30.3 Å². The highest BCUT2D eigenvalue weighted by Crippen LogP contribution is 2.21. The van der Waals surface area contributed by atoms with Crippen LogP contribution in [-0.4, -0.2) is 19.5 Å². The second-order valence-electron chi connectivity index (χ2n) is 4.51. The molecule has 0 atom stereocenters. The molecule has 0 spiro atoms. The molecule has 2 aromatic carbocycles. The Morgan fingerprint density at radius 3 is 2.33 bits per heavy atom. The number of rotatable bonds is 4. The standard InChI is InChI=1S/C14H14N2O4S/c1-9-2-5-11(15)8-13(9)21(19,20)16-12-6-3-10(4-7-12)14(17)18/h2-8,16H,15H2,1H3,(H,17,18). The summed E-state index contributed by atoms with van der Waals surface area (Å²) in [6.07, 6.45) is 0. The van der Waals surface area contributed by atoms with Gasteiger partial charge in [0.05, 0.1) is 10.5 Å². The summed E-state index contributed by atoms with van der Waals surface area (Å²) < 4.78 is 27.0. The van der Waals surface area contributed by atoms with E-state index in [2.05, 4.69) is 4.72 Å². The number of nitrogens with two attached hydrogens (primary N) is 1. The molecule has 0 aliphatic heterocycles. The zero-order chi connectivity index (χ0) is 15.6. The van der Waals surface area contributed by atoms with Gasteiger partial charge in [-0.1, -0.05) is 6.07 Å². The highest BCUT2D eigenvalue weighted by molar-refractivity contribution is 7.92. The number of carboxylic acids is 1. The molecule has 6 nitrogen and oxygen atoms in total. The smallest absolute Gasteiger partial charge is 0.335 e. The lowest BCUT2D eigenvalue weighted by atomic mass is 10.2. The Kier molecular flexibility index (Phi) is 3.86. The lowest BCUT2D eigenvalue weighted by Crippen LogP contribution is -2.14. The lowest BCUT2D eigenvalue weighted by molar-refractivity contribution is 0.0697. The number of carbonyl (C=O) groups is 1. The summed E-state index contributed by atoms with van der Waals surface area (Å²) in [6, 6.07) is 10.1. The molecule has 0 saturated carbocycles. The van der Waals surface area contributed by atoms with Gasteiger partial charge < -0.3 is 10.8 Å². The predicted molar refractivity (Wildman–Crippen MR) is 79.8 cm³/mol. The number of anilines is 2. The number of aryl methyl sites for hydroxylation is 1. The molecule has 0 saturated heterocycles. The Balaban J connectivity index is 2.33. The Bertz CT molecular complexity index is 783. The van der Waals surface area contributed by atoms with E-state index in [9.17, 15) is 13.2 Å². The van der Waals surface area contributed by atoms with Gasteiger partial charge in [0.25, 0.3) is 10.0 Å². The van der Waals surface area contributed by atoms with Crippen LogP contribution in [-0.2, 0) is 10.0 Å². The molecule has 0 heterocycles. The van der Waals surface area contributed by atoms with Crippen LogP contribution in [0.15, 0.2) is 47.4 Å². The zero-order valence-corrected chi connectivity index (χ0v) is 12.0. The summed E-state index contributed by atoms with van der Waals surface area (Å²) in [6.45, 7) is 1.67. The topological polar surface area (TPSA) is 109 Å². The number of carboxylic acid groups (broad SMARTS) is 1. The Morgan fingerprint density at radius 2 is 1.76 bits per heavy atom. The maximum Gasteiger partial charge on any atom is 0.335 e. The third kappa shape index (κ3) is 3.32. The number of nitrogens with one attached hydrogen (secondary N) is 1. The van der Waals surface area contributed by atoms with E-state index in [4.69, 9.17) is 10.8 Å². The maximum atomic E-state index is 12.3. The van der Waals surface area contributed by atoms with Crippen molar-refractivity contribution in [3.05, 3.63) is 53.6 Å². The van der Waals surface area contributed by atoms with Crippen molar-refractivity contribution in [2.45, 2.75) is 11.8 Å². The molecule has 0 aromatic heterocycles. The van der Waals surface area contributed by atoms with Crippen LogP contribution in [0.5, 0.6) is 0 Å². The van der Waals surface area contributed by atoms with Gasteiger partial charge in [-0.05, 0) is 48.9 Å². The number of hydrogen-bond donors (Lipinski definition) is 3. The fraction of sp³-hybridized carbons (Fsp3) is 0.0714. The summed E-state index contributed by atoms with van der Waals surface area (Å²) in [5.74, 6) is -1.07. The number of nitrogen functional groups attached to an aromatic ring is 1. The first-order chi connectivity index (χ1) is 9.79. The Morgan fingerprint density at radius 1 is 1.14 bits per heavy atom. The van der Waals surface area contributed by atoms with Crippen LogP contribution >= 0.6 is 0 Å². The van der Waals surface area contributed by atoms with E-state index < -0.39 is 16.0 Å². The van der Waals surface area contributed by atoms with Gasteiger partial charge in [-0.3, -0.25) is 4.72 Å². The van der Waals surface area contributed by atoms with E-state index in [1.54, 1.807) is 19.1 Å². The first-order valence-electron chi connectivity index (χ1n) is 6.02. The van der Waals surface area contributed by atoms with E-state index >= 15 is 0 Å². The molecule has 7 heteroatoms. The summed E-state index contributed by atoms with van der Waals surface area (Å²) in [5, 5.41) is 8.80. The van der Waals surface area contributed by atoms with Crippen LogP contribution in [0.25, 0.3) is 0 Å². The molecule has 21 heavy (non-hydrogen) atoms. The lowest BCUT2D eigenvalue weighted by Gasteiger charge is -2.11. The van der Waals surface area contributed by atoms with Crippen molar-refractivity contribution in [1.29, 1.82) is 0 Å². The largest absolute Gasteiger partial charge is 0.478 e. The molecule has 110 valence electrons. The Labute approximate surface area is 122 Å². The maximum absolute atomic E-state index is 12.3. The number of aromatic carboxylic acids is 1. The van der Waals surface area contributed by atoms with Gasteiger partial charge in [-0.25, -0.2) is 13.2 Å². The molecular formula is C14H14N2O4S. The van der Waals surface area contributed by atoms with E-state index in [0.29, 0.717) is 11.3 Å². The SMILES string of the molecule is Cc1ccc(N)cc1S(=O)(=O)Nc1ccc(C(=O)O)cc1. The van der Waals surface area contributed by atoms with Gasteiger partial charge in [0.15, 0.2) is 0 Å². The van der Waals surface area contributed by atoms with Gasteiger partial charge in [0, 0.05) is 11.4 Å². The number of hydrogen-bond acceptors (Lipinski definition) is 4. The second-order valence-corrected chi connectivity index (χ2v) is 6.16. The predicted octanol–water partition coefficient (Wildman–Crippen LogP) is 2.08. The summed E-state index contributed by atoms with van der Waals surface area (Å²) in [4.78, 5) is 10.8. The average molecular weight is 306 g/mol. The van der Waals surface area contributed by atoms with Gasteiger partial charge in [-0.2, -0.15) is 0 Å². The zero-order valence-electron chi connectivity index (χ0n) is 11.2. The van der Waals surface area contributed by atoms with Crippen molar-refractivity contribution < 1.29 is 18.3 Å². The monoisotopic (exact) mass is 306 g/mol. The molecule has 0 fully saturated rings. The molecule has 2 rings (SSSR count). The van der Waals surface area contributed by atoms with Crippen LogP contribution < -0.4 is 10.5 Å². The molecule has 0 radical (unpaired) electrons. The quantitative estimate of drug-likeness (QED) is 0.749. The van der Waals surface area contributed by atoms with Crippen molar-refractivity contribution in [2.24, 2.45) is 0 Å². The number of benzene rings is 2. The fourth-order valence-corrected chi connectivity index (χ4v) is 3.14. The van der Waals surface area contributed by atoms with Gasteiger partial charge in [-0.15, -0.1) is 0 Å². The highest BCUT2D eigenvalue weighted by Gasteiger charge is 2.17. The summed E-state index contributed by atoms with van der Waals surface area (Å²) in [5.41, 5.74) is 6.89. The van der Waals surface area contributed by atoms with Crippen molar-refractivity contribution in [3.63, 3.8) is 0 Å². The molecule has 0 aliphatic rings. The normalized spacial score (nSPS) is 11.1. The van der Waals surface area contributed by atoms with Gasteiger partial charge >= 0.3 is 5.97 Å². The minimum atomic E-state index is -3.78. The fourth-order valence-electron chi connectivity index (χ4n) is 1.80. The van der Waals surface area contributed by atoms with Crippen LogP contribution in [0.1, 0.15) is 15.9 Å². The molecular weight excluding hydrogens is 292 g/mol. The Hall–Kier alpha value is -2.54. The first-order valence-corrected chi connectivity index (χ1v) is 7.50. The first kappa shape index (κ1) is 14.9. The number of sulfonamides is 1. The average Bonchev–Trinajstić information content (AvgIpc) is 2.41. The second kappa shape index (κ2) is 5.45. The van der Waals surface area contributed by atoms with E-state index in [1.807, 2.05) is 0 Å². The molecule has 0 aliphatic carbocycles. The molecule has 0 amide bonds. The molecule has 0 unspecified atom stereocenters.